The average Bonchev–Trinajstić information content (AvgIpc) is 3.57. The Balaban J connectivity index is 2.30. The van der Waals surface area contributed by atoms with Crippen LogP contribution in [-0.2, 0) is 9.59 Å². The van der Waals surface area contributed by atoms with E-state index in [0.717, 1.165) is 45.2 Å². The van der Waals surface area contributed by atoms with Gasteiger partial charge in [0.25, 0.3) is 0 Å². The number of carbonyl (C=O) groups excluding carboxylic acids is 2. The topological polar surface area (TPSA) is 61.4 Å². The summed E-state index contributed by atoms with van der Waals surface area (Å²) in [6.45, 7) is 9.34. The van der Waals surface area contributed by atoms with Crippen LogP contribution in [-0.4, -0.2) is 48.4 Å². The maximum atomic E-state index is 13.7. The van der Waals surface area contributed by atoms with Crippen LogP contribution in [0.25, 0.3) is 0 Å². The van der Waals surface area contributed by atoms with E-state index in [1.807, 2.05) is 0 Å². The van der Waals surface area contributed by atoms with Crippen LogP contribution in [0.5, 0.6) is 0 Å². The molecule has 1 rings (SSSR count). The van der Waals surface area contributed by atoms with Crippen LogP contribution in [0.4, 0.5) is 0 Å². The van der Waals surface area contributed by atoms with Crippen molar-refractivity contribution in [2.75, 3.05) is 19.6 Å². The van der Waals surface area contributed by atoms with Crippen molar-refractivity contribution < 1.29 is 9.59 Å². The summed E-state index contributed by atoms with van der Waals surface area (Å²) in [4.78, 5) is 28.6. The molecule has 1 fully saturated rings. The quantitative estimate of drug-likeness (QED) is 0.0638. The molecule has 1 saturated heterocycles. The van der Waals surface area contributed by atoms with Crippen LogP contribution in [0.15, 0.2) is 0 Å². The Morgan fingerprint density at radius 2 is 0.816 bits per heavy atom. The molecule has 0 aliphatic carbocycles. The van der Waals surface area contributed by atoms with Crippen molar-refractivity contribution in [3.05, 3.63) is 0 Å². The van der Waals surface area contributed by atoms with E-state index in [9.17, 15) is 9.59 Å². The highest BCUT2D eigenvalue weighted by Gasteiger charge is 2.32. The van der Waals surface area contributed by atoms with Gasteiger partial charge in [-0.2, -0.15) is 0 Å². The van der Waals surface area contributed by atoms with Crippen molar-refractivity contribution in [2.24, 2.45) is 0 Å². The van der Waals surface area contributed by atoms with E-state index in [-0.39, 0.29) is 23.9 Å². The number of rotatable bonds is 37. The highest BCUT2D eigenvalue weighted by Crippen LogP contribution is 2.17. The van der Waals surface area contributed by atoms with Crippen molar-refractivity contribution in [3.8, 4) is 0 Å². The summed E-state index contributed by atoms with van der Waals surface area (Å²) in [6, 6.07) is -0.0709. The molecule has 0 radical (unpaired) electrons. The molecule has 1 aliphatic rings. The number of hydrogen-bond donors (Lipinski definition) is 2. The largest absolute Gasteiger partial charge is 0.352 e. The SMILES string of the molecule is CCCCCCCCCCCCCCC(=O)N[C@@H]1CN[C@H](C(=O)N(CCCCCCCCCCCC)CCCCCCCCCCCC)C1. The van der Waals surface area contributed by atoms with Gasteiger partial charge < -0.3 is 15.5 Å². The Labute approximate surface area is 307 Å². The molecular formula is C44H87N3O2. The predicted octanol–water partition coefficient (Wildman–Crippen LogP) is 12.6. The molecule has 0 aromatic carbocycles. The Morgan fingerprint density at radius 1 is 0.490 bits per heavy atom. The third-order valence-corrected chi connectivity index (χ3v) is 10.9. The third kappa shape index (κ3) is 28.2. The first-order valence-electron chi connectivity index (χ1n) is 22.4. The van der Waals surface area contributed by atoms with Crippen LogP contribution in [0.2, 0.25) is 0 Å². The molecule has 290 valence electrons. The summed E-state index contributed by atoms with van der Waals surface area (Å²) in [5, 5.41) is 6.73. The van der Waals surface area contributed by atoms with Gasteiger partial charge in [-0.1, -0.05) is 207 Å². The summed E-state index contributed by atoms with van der Waals surface area (Å²) < 4.78 is 0. The maximum Gasteiger partial charge on any atom is 0.239 e. The van der Waals surface area contributed by atoms with Gasteiger partial charge in [0.1, 0.15) is 0 Å². The number of amides is 2. The number of hydrogen-bond acceptors (Lipinski definition) is 3. The molecule has 5 heteroatoms. The molecule has 5 nitrogen and oxygen atoms in total. The molecule has 1 aliphatic heterocycles. The minimum Gasteiger partial charge on any atom is -0.352 e. The van der Waals surface area contributed by atoms with Gasteiger partial charge in [0.15, 0.2) is 0 Å². The molecule has 2 amide bonds. The van der Waals surface area contributed by atoms with E-state index in [1.54, 1.807) is 0 Å². The first-order valence-corrected chi connectivity index (χ1v) is 22.4. The summed E-state index contributed by atoms with van der Waals surface area (Å²) >= 11 is 0. The molecule has 0 aromatic heterocycles. The smallest absolute Gasteiger partial charge is 0.239 e. The van der Waals surface area contributed by atoms with Gasteiger partial charge in [-0.3, -0.25) is 9.59 Å². The van der Waals surface area contributed by atoms with Crippen molar-refractivity contribution in [3.63, 3.8) is 0 Å². The number of unbranched alkanes of at least 4 members (excludes halogenated alkanes) is 29. The molecule has 0 bridgehead atoms. The first kappa shape index (κ1) is 45.9. The summed E-state index contributed by atoms with van der Waals surface area (Å²) in [6.07, 6.45) is 43.5. The molecule has 0 aromatic rings. The van der Waals surface area contributed by atoms with Crippen LogP contribution in [0.3, 0.4) is 0 Å². The molecule has 1 heterocycles. The first-order chi connectivity index (χ1) is 24.1. The lowest BCUT2D eigenvalue weighted by Crippen LogP contribution is -2.44. The molecule has 49 heavy (non-hydrogen) atoms. The van der Waals surface area contributed by atoms with E-state index >= 15 is 0 Å². The molecule has 0 unspecified atom stereocenters. The summed E-state index contributed by atoms with van der Waals surface area (Å²) in [5.74, 6) is 0.434. The van der Waals surface area contributed by atoms with Crippen molar-refractivity contribution >= 4 is 11.8 Å². The highest BCUT2D eigenvalue weighted by molar-refractivity contribution is 5.83. The van der Waals surface area contributed by atoms with Gasteiger partial charge in [-0.15, -0.1) is 0 Å². The van der Waals surface area contributed by atoms with Crippen LogP contribution in [0.1, 0.15) is 239 Å². The van der Waals surface area contributed by atoms with Crippen molar-refractivity contribution in [1.29, 1.82) is 0 Å². The number of nitrogens with one attached hydrogen (secondary N) is 2. The molecule has 2 atom stereocenters. The Hall–Kier alpha value is -1.10. The second kappa shape index (κ2) is 35.3. The Bertz CT molecular complexity index is 705. The Morgan fingerprint density at radius 3 is 1.18 bits per heavy atom. The maximum absolute atomic E-state index is 13.7. The average molecular weight is 690 g/mol. The second-order valence-electron chi connectivity index (χ2n) is 15.8. The lowest BCUT2D eigenvalue weighted by Gasteiger charge is -2.26. The third-order valence-electron chi connectivity index (χ3n) is 10.9. The lowest BCUT2D eigenvalue weighted by molar-refractivity contribution is -0.133. The second-order valence-corrected chi connectivity index (χ2v) is 15.8. The van der Waals surface area contributed by atoms with Gasteiger partial charge in [-0.25, -0.2) is 0 Å². The summed E-state index contributed by atoms with van der Waals surface area (Å²) in [5.41, 5.74) is 0. The van der Waals surface area contributed by atoms with Gasteiger partial charge >= 0.3 is 0 Å². The van der Waals surface area contributed by atoms with Gasteiger partial charge in [-0.05, 0) is 25.7 Å². The predicted molar refractivity (Wildman–Crippen MR) is 214 cm³/mol. The zero-order valence-corrected chi connectivity index (χ0v) is 33.6. The van der Waals surface area contributed by atoms with Crippen LogP contribution >= 0.6 is 0 Å². The van der Waals surface area contributed by atoms with E-state index in [1.165, 1.54) is 180 Å². The summed E-state index contributed by atoms with van der Waals surface area (Å²) in [7, 11) is 0. The fourth-order valence-electron chi connectivity index (χ4n) is 7.59. The molecule has 0 spiro atoms. The number of nitrogens with zero attached hydrogens (tertiary/aromatic N) is 1. The fourth-order valence-corrected chi connectivity index (χ4v) is 7.59. The van der Waals surface area contributed by atoms with Gasteiger partial charge in [0, 0.05) is 32.1 Å². The molecular weight excluding hydrogens is 603 g/mol. The minimum atomic E-state index is -0.150. The van der Waals surface area contributed by atoms with Crippen LogP contribution < -0.4 is 10.6 Å². The van der Waals surface area contributed by atoms with Crippen LogP contribution in [0, 0.1) is 0 Å². The minimum absolute atomic E-state index is 0.0790. The van der Waals surface area contributed by atoms with E-state index in [2.05, 4.69) is 36.3 Å². The van der Waals surface area contributed by atoms with E-state index < -0.39 is 0 Å². The molecule has 2 N–H and O–H groups in total. The zero-order chi connectivity index (χ0) is 35.5. The number of carbonyl (C=O) groups is 2. The standard InChI is InChI=1S/C44H87N3O2/c1-4-7-10-13-16-19-22-23-24-27-30-33-36-43(48)46-41-39-42(45-40-41)44(49)47(37-34-31-28-25-20-17-14-11-8-5-2)38-35-32-29-26-21-18-15-12-9-6-3/h41-42,45H,4-40H2,1-3H3,(H,46,48)/t41-,42-/m0/s1. The van der Waals surface area contributed by atoms with Gasteiger partial charge in [0.2, 0.25) is 11.8 Å². The van der Waals surface area contributed by atoms with Crippen molar-refractivity contribution in [1.82, 2.24) is 15.5 Å². The Kier molecular flexibility index (Phi) is 33.1. The van der Waals surface area contributed by atoms with Gasteiger partial charge in [0.05, 0.1) is 6.04 Å². The monoisotopic (exact) mass is 690 g/mol. The highest BCUT2D eigenvalue weighted by atomic mass is 16.2. The lowest BCUT2D eigenvalue weighted by atomic mass is 10.0. The molecule has 0 saturated carbocycles. The van der Waals surface area contributed by atoms with Crippen molar-refractivity contribution in [2.45, 2.75) is 251 Å². The van der Waals surface area contributed by atoms with E-state index in [4.69, 9.17) is 0 Å². The zero-order valence-electron chi connectivity index (χ0n) is 33.6. The fraction of sp³-hybridized carbons (Fsp3) is 0.955. The normalized spacial score (nSPS) is 16.0. The van der Waals surface area contributed by atoms with E-state index in [0.29, 0.717) is 13.0 Å².